The molecular formula is C16H21NO4. The van der Waals surface area contributed by atoms with Crippen LogP contribution in [0.3, 0.4) is 0 Å². The molecule has 0 heterocycles. The molecule has 0 fully saturated rings. The van der Waals surface area contributed by atoms with Crippen LogP contribution in [-0.4, -0.2) is 29.6 Å². The molecular weight excluding hydrogens is 270 g/mol. The van der Waals surface area contributed by atoms with Gasteiger partial charge in [-0.15, -0.1) is 0 Å². The fraction of sp³-hybridized carbons (Fsp3) is 0.375. The maximum atomic E-state index is 11.9. The summed E-state index contributed by atoms with van der Waals surface area (Å²) in [6.07, 6.45) is 3.47. The average Bonchev–Trinajstić information content (AvgIpc) is 2.43. The second-order valence-electron chi connectivity index (χ2n) is 5.34. The van der Waals surface area contributed by atoms with E-state index in [0.717, 1.165) is 5.56 Å². The lowest BCUT2D eigenvalue weighted by molar-refractivity contribution is -0.137. The quantitative estimate of drug-likeness (QED) is 0.757. The van der Waals surface area contributed by atoms with Crippen LogP contribution >= 0.6 is 0 Å². The molecule has 5 heteroatoms. The van der Waals surface area contributed by atoms with Crippen molar-refractivity contribution in [1.82, 2.24) is 5.32 Å². The summed E-state index contributed by atoms with van der Waals surface area (Å²) >= 11 is 0. The summed E-state index contributed by atoms with van der Waals surface area (Å²) in [5.41, 5.74) is 0.235. The number of carboxylic acid groups (broad SMARTS) is 1. The molecule has 1 rings (SSSR count). The minimum absolute atomic E-state index is 0.0174. The van der Waals surface area contributed by atoms with E-state index in [9.17, 15) is 9.59 Å². The minimum Gasteiger partial charge on any atom is -0.496 e. The highest BCUT2D eigenvalue weighted by Gasteiger charge is 2.20. The number of hydrogen-bond donors (Lipinski definition) is 2. The Morgan fingerprint density at radius 3 is 2.62 bits per heavy atom. The summed E-state index contributed by atoms with van der Waals surface area (Å²) in [6.45, 7) is 3.59. The van der Waals surface area contributed by atoms with Gasteiger partial charge in [0.25, 0.3) is 0 Å². The highest BCUT2D eigenvalue weighted by molar-refractivity contribution is 5.92. The fourth-order valence-electron chi connectivity index (χ4n) is 1.83. The summed E-state index contributed by atoms with van der Waals surface area (Å²) in [4.78, 5) is 22.5. The molecule has 2 N–H and O–H groups in total. The summed E-state index contributed by atoms with van der Waals surface area (Å²) in [5, 5.41) is 11.5. The van der Waals surface area contributed by atoms with Gasteiger partial charge in [-0.3, -0.25) is 9.59 Å². The fourth-order valence-corrected chi connectivity index (χ4v) is 1.83. The van der Waals surface area contributed by atoms with Crippen molar-refractivity contribution >= 4 is 18.0 Å². The Balaban J connectivity index is 2.64. The average molecular weight is 291 g/mol. The van der Waals surface area contributed by atoms with E-state index in [1.807, 2.05) is 24.3 Å². The van der Waals surface area contributed by atoms with Gasteiger partial charge < -0.3 is 15.2 Å². The van der Waals surface area contributed by atoms with Crippen molar-refractivity contribution in [3.05, 3.63) is 35.9 Å². The Labute approximate surface area is 124 Å². The largest absolute Gasteiger partial charge is 0.496 e. The standard InChI is InChI=1S/C16H21NO4/c1-16(2,11-10-15(19)20)17-14(18)9-8-12-6-4-5-7-13(12)21-3/h4-9H,10-11H2,1-3H3,(H,17,18)(H,19,20). The lowest BCUT2D eigenvalue weighted by atomic mass is 9.98. The van der Waals surface area contributed by atoms with Crippen LogP contribution in [0.1, 0.15) is 32.3 Å². The molecule has 5 nitrogen and oxygen atoms in total. The number of para-hydroxylation sites is 1. The second-order valence-corrected chi connectivity index (χ2v) is 5.34. The number of hydrogen-bond acceptors (Lipinski definition) is 3. The number of carbonyl (C=O) groups is 2. The van der Waals surface area contributed by atoms with E-state index in [2.05, 4.69) is 5.32 Å². The van der Waals surface area contributed by atoms with Crippen LogP contribution in [0.25, 0.3) is 6.08 Å². The van der Waals surface area contributed by atoms with Crippen LogP contribution in [0.4, 0.5) is 0 Å². The number of benzene rings is 1. The van der Waals surface area contributed by atoms with E-state index < -0.39 is 11.5 Å². The Morgan fingerprint density at radius 2 is 2.00 bits per heavy atom. The summed E-state index contributed by atoms with van der Waals surface area (Å²) < 4.78 is 5.20. The smallest absolute Gasteiger partial charge is 0.303 e. The van der Waals surface area contributed by atoms with Crippen LogP contribution in [0.5, 0.6) is 5.75 Å². The van der Waals surface area contributed by atoms with E-state index >= 15 is 0 Å². The molecule has 0 spiro atoms. The maximum absolute atomic E-state index is 11.9. The van der Waals surface area contributed by atoms with E-state index in [4.69, 9.17) is 9.84 Å². The van der Waals surface area contributed by atoms with Gasteiger partial charge in [0.2, 0.25) is 5.91 Å². The van der Waals surface area contributed by atoms with E-state index in [-0.39, 0.29) is 12.3 Å². The van der Waals surface area contributed by atoms with Crippen molar-refractivity contribution < 1.29 is 19.4 Å². The van der Waals surface area contributed by atoms with Crippen LogP contribution in [0.2, 0.25) is 0 Å². The first kappa shape index (κ1) is 16.8. The van der Waals surface area contributed by atoms with Crippen LogP contribution in [0.15, 0.2) is 30.3 Å². The third kappa shape index (κ3) is 6.12. The molecule has 21 heavy (non-hydrogen) atoms. The SMILES string of the molecule is COc1ccccc1C=CC(=O)NC(C)(C)CCC(=O)O. The zero-order valence-electron chi connectivity index (χ0n) is 12.6. The number of amides is 1. The van der Waals surface area contributed by atoms with Crippen molar-refractivity contribution in [3.8, 4) is 5.75 Å². The normalized spacial score (nSPS) is 11.4. The van der Waals surface area contributed by atoms with Gasteiger partial charge in [-0.1, -0.05) is 18.2 Å². The zero-order chi connectivity index (χ0) is 15.9. The third-order valence-corrected chi connectivity index (χ3v) is 2.98. The minimum atomic E-state index is -0.873. The first-order valence-corrected chi connectivity index (χ1v) is 6.69. The Hall–Kier alpha value is -2.30. The molecule has 0 aliphatic carbocycles. The second kappa shape index (κ2) is 7.47. The Morgan fingerprint density at radius 1 is 1.33 bits per heavy atom. The van der Waals surface area contributed by atoms with Crippen molar-refractivity contribution in [2.75, 3.05) is 7.11 Å². The molecule has 1 aromatic rings. The molecule has 1 amide bonds. The monoisotopic (exact) mass is 291 g/mol. The number of nitrogens with one attached hydrogen (secondary N) is 1. The molecule has 0 atom stereocenters. The van der Waals surface area contributed by atoms with Gasteiger partial charge in [0, 0.05) is 23.6 Å². The van der Waals surface area contributed by atoms with Crippen molar-refractivity contribution in [2.24, 2.45) is 0 Å². The first-order valence-electron chi connectivity index (χ1n) is 6.69. The molecule has 0 radical (unpaired) electrons. The van der Waals surface area contributed by atoms with E-state index in [1.165, 1.54) is 6.08 Å². The number of aliphatic carboxylic acids is 1. The zero-order valence-corrected chi connectivity index (χ0v) is 12.6. The lowest BCUT2D eigenvalue weighted by Crippen LogP contribution is -2.42. The third-order valence-electron chi connectivity index (χ3n) is 2.98. The highest BCUT2D eigenvalue weighted by atomic mass is 16.5. The first-order chi connectivity index (χ1) is 9.84. The van der Waals surface area contributed by atoms with Crippen molar-refractivity contribution in [1.29, 1.82) is 0 Å². The van der Waals surface area contributed by atoms with Gasteiger partial charge in [0.15, 0.2) is 0 Å². The number of rotatable bonds is 7. The summed E-state index contributed by atoms with van der Waals surface area (Å²) in [6, 6.07) is 7.37. The predicted octanol–water partition coefficient (Wildman–Crippen LogP) is 2.47. The van der Waals surface area contributed by atoms with Crippen molar-refractivity contribution in [3.63, 3.8) is 0 Å². The van der Waals surface area contributed by atoms with Gasteiger partial charge >= 0.3 is 5.97 Å². The van der Waals surface area contributed by atoms with Crippen molar-refractivity contribution in [2.45, 2.75) is 32.2 Å². The van der Waals surface area contributed by atoms with Gasteiger partial charge in [0.1, 0.15) is 5.75 Å². The number of ether oxygens (including phenoxy) is 1. The molecule has 0 aliphatic heterocycles. The van der Waals surface area contributed by atoms with Gasteiger partial charge in [0.05, 0.1) is 7.11 Å². The number of carboxylic acids is 1. The molecule has 1 aromatic carbocycles. The van der Waals surface area contributed by atoms with E-state index in [1.54, 1.807) is 27.0 Å². The molecule has 0 aromatic heterocycles. The van der Waals surface area contributed by atoms with Crippen LogP contribution in [-0.2, 0) is 9.59 Å². The molecule has 0 aliphatic rings. The molecule has 0 unspecified atom stereocenters. The Kier molecular flexibility index (Phi) is 5.96. The molecule has 0 bridgehead atoms. The topological polar surface area (TPSA) is 75.6 Å². The highest BCUT2D eigenvalue weighted by Crippen LogP contribution is 2.18. The van der Waals surface area contributed by atoms with Gasteiger partial charge in [-0.05, 0) is 32.4 Å². The molecule has 114 valence electrons. The van der Waals surface area contributed by atoms with Gasteiger partial charge in [-0.25, -0.2) is 0 Å². The van der Waals surface area contributed by atoms with Crippen LogP contribution in [0, 0.1) is 0 Å². The molecule has 0 saturated carbocycles. The number of methoxy groups -OCH3 is 1. The summed E-state index contributed by atoms with van der Waals surface area (Å²) in [7, 11) is 1.57. The molecule has 0 saturated heterocycles. The Bertz CT molecular complexity index is 535. The maximum Gasteiger partial charge on any atom is 0.303 e. The van der Waals surface area contributed by atoms with Crippen LogP contribution < -0.4 is 10.1 Å². The predicted molar refractivity (Wildman–Crippen MR) is 81.1 cm³/mol. The van der Waals surface area contributed by atoms with E-state index in [0.29, 0.717) is 12.2 Å². The lowest BCUT2D eigenvalue weighted by Gasteiger charge is -2.24. The summed E-state index contributed by atoms with van der Waals surface area (Å²) in [5.74, 6) is -0.454. The number of carbonyl (C=O) groups excluding carboxylic acids is 1. The van der Waals surface area contributed by atoms with Gasteiger partial charge in [-0.2, -0.15) is 0 Å².